The van der Waals surface area contributed by atoms with Crippen molar-refractivity contribution in [2.45, 2.75) is 0 Å². The summed E-state index contributed by atoms with van der Waals surface area (Å²) in [5.74, 6) is 0. The minimum atomic E-state index is -0.605. The van der Waals surface area contributed by atoms with Crippen molar-refractivity contribution >= 4 is 69.5 Å². The SMILES string of the molecule is O=C1Nc2cc(Cl)c(Cl)cc2N(O)N1c1cc(Cl)cc(Cl)c1. The molecule has 9 heteroatoms. The van der Waals surface area contributed by atoms with Crippen LogP contribution in [-0.2, 0) is 0 Å². The third-order valence-electron chi connectivity index (χ3n) is 2.97. The maximum Gasteiger partial charge on any atom is 0.347 e. The van der Waals surface area contributed by atoms with Gasteiger partial charge >= 0.3 is 6.03 Å². The quantitative estimate of drug-likeness (QED) is 0.692. The van der Waals surface area contributed by atoms with Gasteiger partial charge in [-0.15, -0.1) is 0 Å². The first-order chi connectivity index (χ1) is 10.4. The molecule has 2 aromatic carbocycles. The highest BCUT2D eigenvalue weighted by Gasteiger charge is 2.31. The van der Waals surface area contributed by atoms with Crippen LogP contribution in [0.2, 0.25) is 20.1 Å². The van der Waals surface area contributed by atoms with Gasteiger partial charge in [0.2, 0.25) is 0 Å². The smallest absolute Gasteiger partial charge is 0.304 e. The van der Waals surface area contributed by atoms with Crippen LogP contribution in [0.1, 0.15) is 0 Å². The molecule has 0 atom stereocenters. The van der Waals surface area contributed by atoms with Gasteiger partial charge in [-0.05, 0) is 30.3 Å². The van der Waals surface area contributed by atoms with Gasteiger partial charge in [0.1, 0.15) is 5.69 Å². The third kappa shape index (κ3) is 2.66. The molecule has 0 radical (unpaired) electrons. The standard InChI is InChI=1S/C13H7Cl4N3O2/c14-6-1-7(15)3-8(2-6)19-13(21)18-11-4-9(16)10(17)5-12(11)20(19)22/h1-5,22H,(H,18,21). The first-order valence-electron chi connectivity index (χ1n) is 5.92. The molecule has 0 spiro atoms. The van der Waals surface area contributed by atoms with Gasteiger partial charge in [-0.25, -0.2) is 4.79 Å². The zero-order chi connectivity index (χ0) is 16.0. The number of urea groups is 1. The molecule has 0 saturated heterocycles. The van der Waals surface area contributed by atoms with Crippen LogP contribution in [0.3, 0.4) is 0 Å². The first kappa shape index (κ1) is 15.5. The number of nitrogens with one attached hydrogen (secondary N) is 1. The number of halogens is 4. The average molecular weight is 379 g/mol. The van der Waals surface area contributed by atoms with Gasteiger partial charge in [0.05, 0.1) is 21.4 Å². The van der Waals surface area contributed by atoms with E-state index in [4.69, 9.17) is 46.4 Å². The second kappa shape index (κ2) is 5.68. The molecule has 0 fully saturated rings. The molecule has 0 saturated carbocycles. The minimum Gasteiger partial charge on any atom is -0.304 e. The summed E-state index contributed by atoms with van der Waals surface area (Å²) in [6.07, 6.45) is 0. The van der Waals surface area contributed by atoms with Crippen molar-refractivity contribution in [2.75, 3.05) is 15.5 Å². The Balaban J connectivity index is 2.10. The van der Waals surface area contributed by atoms with Gasteiger partial charge in [-0.1, -0.05) is 46.4 Å². The lowest BCUT2D eigenvalue weighted by molar-refractivity contribution is 0.221. The molecule has 2 N–H and O–H groups in total. The summed E-state index contributed by atoms with van der Waals surface area (Å²) >= 11 is 23.7. The van der Waals surface area contributed by atoms with Crippen molar-refractivity contribution in [3.8, 4) is 0 Å². The highest BCUT2D eigenvalue weighted by molar-refractivity contribution is 6.42. The van der Waals surface area contributed by atoms with Gasteiger partial charge in [0.15, 0.2) is 0 Å². The van der Waals surface area contributed by atoms with Crippen molar-refractivity contribution in [3.05, 3.63) is 50.4 Å². The zero-order valence-corrected chi connectivity index (χ0v) is 13.7. The molecule has 1 aliphatic rings. The monoisotopic (exact) mass is 377 g/mol. The van der Waals surface area contributed by atoms with Gasteiger partial charge < -0.3 is 5.32 Å². The fourth-order valence-corrected chi connectivity index (χ4v) is 2.89. The van der Waals surface area contributed by atoms with Crippen molar-refractivity contribution in [1.82, 2.24) is 0 Å². The number of nitrogens with zero attached hydrogens (tertiary/aromatic N) is 2. The second-order valence-electron chi connectivity index (χ2n) is 4.44. The number of carbonyl (C=O) groups is 1. The third-order valence-corrected chi connectivity index (χ3v) is 4.13. The fourth-order valence-electron chi connectivity index (χ4n) is 2.05. The highest BCUT2D eigenvalue weighted by atomic mass is 35.5. The van der Waals surface area contributed by atoms with E-state index in [0.29, 0.717) is 20.9 Å². The maximum absolute atomic E-state index is 12.2. The van der Waals surface area contributed by atoms with Crippen LogP contribution in [0, 0.1) is 0 Å². The minimum absolute atomic E-state index is 0.236. The van der Waals surface area contributed by atoms with Crippen LogP contribution < -0.4 is 15.5 Å². The normalized spacial score (nSPS) is 14.0. The zero-order valence-electron chi connectivity index (χ0n) is 10.6. The Morgan fingerprint density at radius 3 is 2.14 bits per heavy atom. The highest BCUT2D eigenvalue weighted by Crippen LogP contribution is 2.39. The Bertz CT molecular complexity index is 764. The van der Waals surface area contributed by atoms with Crippen LogP contribution >= 0.6 is 46.4 Å². The van der Waals surface area contributed by atoms with Crippen molar-refractivity contribution < 1.29 is 10.0 Å². The Morgan fingerprint density at radius 2 is 1.50 bits per heavy atom. The van der Waals surface area contributed by atoms with Gasteiger partial charge in [0, 0.05) is 10.0 Å². The van der Waals surface area contributed by atoms with E-state index in [9.17, 15) is 10.0 Å². The molecule has 1 heterocycles. The Labute approximate surface area is 145 Å². The lowest BCUT2D eigenvalue weighted by Gasteiger charge is -2.36. The molecule has 114 valence electrons. The Morgan fingerprint density at radius 1 is 0.909 bits per heavy atom. The molecular formula is C13H7Cl4N3O2. The number of hydrogen-bond donors (Lipinski definition) is 2. The molecule has 0 aliphatic carbocycles. The van der Waals surface area contributed by atoms with Crippen LogP contribution in [0.5, 0.6) is 0 Å². The number of hydrazine groups is 1. The molecule has 2 aromatic rings. The van der Waals surface area contributed by atoms with Gasteiger partial charge in [-0.3, -0.25) is 5.21 Å². The van der Waals surface area contributed by atoms with E-state index in [1.165, 1.54) is 30.3 Å². The average Bonchev–Trinajstić information content (AvgIpc) is 2.40. The number of amides is 2. The molecule has 1 aliphatic heterocycles. The number of fused-ring (bicyclic) bond motifs is 1. The molecule has 2 amide bonds. The summed E-state index contributed by atoms with van der Waals surface area (Å²) in [4.78, 5) is 12.2. The van der Waals surface area contributed by atoms with Crippen LogP contribution in [-0.4, -0.2) is 11.2 Å². The maximum atomic E-state index is 12.2. The van der Waals surface area contributed by atoms with E-state index in [0.717, 1.165) is 5.01 Å². The molecule has 5 nitrogen and oxygen atoms in total. The van der Waals surface area contributed by atoms with Gasteiger partial charge in [-0.2, -0.15) is 10.2 Å². The summed E-state index contributed by atoms with van der Waals surface area (Å²) in [6.45, 7) is 0. The predicted octanol–water partition coefficient (Wildman–Crippen LogP) is 5.46. The van der Waals surface area contributed by atoms with E-state index in [2.05, 4.69) is 5.32 Å². The molecule has 3 rings (SSSR count). The number of rotatable bonds is 1. The predicted molar refractivity (Wildman–Crippen MR) is 88.7 cm³/mol. The molecule has 22 heavy (non-hydrogen) atoms. The van der Waals surface area contributed by atoms with E-state index in [1.54, 1.807) is 0 Å². The second-order valence-corrected chi connectivity index (χ2v) is 6.13. The van der Waals surface area contributed by atoms with Crippen LogP contribution in [0.4, 0.5) is 21.9 Å². The Kier molecular flexibility index (Phi) is 4.01. The number of carbonyl (C=O) groups excluding carboxylic acids is 1. The molecule has 0 bridgehead atoms. The summed E-state index contributed by atoms with van der Waals surface area (Å²) in [7, 11) is 0. The van der Waals surface area contributed by atoms with Crippen molar-refractivity contribution in [3.63, 3.8) is 0 Å². The first-order valence-corrected chi connectivity index (χ1v) is 7.43. The van der Waals surface area contributed by atoms with Crippen molar-refractivity contribution in [1.29, 1.82) is 0 Å². The number of benzene rings is 2. The van der Waals surface area contributed by atoms with E-state index >= 15 is 0 Å². The summed E-state index contributed by atoms with van der Waals surface area (Å²) < 4.78 is 0. The Hall–Kier alpha value is -1.37. The number of hydrogen-bond acceptors (Lipinski definition) is 3. The van der Waals surface area contributed by atoms with Crippen LogP contribution in [0.15, 0.2) is 30.3 Å². The topological polar surface area (TPSA) is 55.8 Å². The van der Waals surface area contributed by atoms with Crippen molar-refractivity contribution in [2.24, 2.45) is 0 Å². The summed E-state index contributed by atoms with van der Waals surface area (Å²) in [6, 6.07) is 6.75. The lowest BCUT2D eigenvalue weighted by atomic mass is 10.2. The summed E-state index contributed by atoms with van der Waals surface area (Å²) in [5, 5.41) is 15.7. The fraction of sp³-hybridized carbons (Fsp3) is 0. The molecule has 0 aromatic heterocycles. The lowest BCUT2D eigenvalue weighted by Crippen LogP contribution is -2.51. The largest absolute Gasteiger partial charge is 0.347 e. The molecule has 0 unspecified atom stereocenters. The molecular weight excluding hydrogens is 372 g/mol. The van der Waals surface area contributed by atoms with E-state index in [-0.39, 0.29) is 21.4 Å². The van der Waals surface area contributed by atoms with E-state index < -0.39 is 6.03 Å². The van der Waals surface area contributed by atoms with Gasteiger partial charge in [0.25, 0.3) is 0 Å². The number of anilines is 3. The van der Waals surface area contributed by atoms with E-state index in [1.807, 2.05) is 0 Å². The summed E-state index contributed by atoms with van der Waals surface area (Å²) in [5.41, 5.74) is 0.866. The van der Waals surface area contributed by atoms with Crippen LogP contribution in [0.25, 0.3) is 0 Å².